The third-order valence-electron chi connectivity index (χ3n) is 2.24. The molecule has 0 bridgehead atoms. The predicted molar refractivity (Wildman–Crippen MR) is 60.9 cm³/mol. The molecule has 90 valence electrons. The number of hydrogen-bond donors (Lipinski definition) is 2. The van der Waals surface area contributed by atoms with E-state index in [0.717, 1.165) is 6.26 Å². The number of rotatable bonds is 4. The minimum Gasteiger partial charge on any atom is -0.330 e. The first-order valence-electron chi connectivity index (χ1n) is 4.83. The molecular weight excluding hydrogens is 230 g/mol. The van der Waals surface area contributed by atoms with Crippen molar-refractivity contribution in [3.63, 3.8) is 0 Å². The van der Waals surface area contributed by atoms with Crippen molar-refractivity contribution in [3.05, 3.63) is 27.9 Å². The van der Waals surface area contributed by atoms with Crippen molar-refractivity contribution in [1.29, 1.82) is 0 Å². The predicted octanol–water partition coefficient (Wildman–Crippen LogP) is -0.623. The molecule has 0 saturated carbocycles. The summed E-state index contributed by atoms with van der Waals surface area (Å²) in [5.41, 5.74) is 5.51. The molecule has 0 amide bonds. The maximum atomic E-state index is 11.3. The van der Waals surface area contributed by atoms with Gasteiger partial charge in [-0.1, -0.05) is 0 Å². The highest BCUT2D eigenvalue weighted by molar-refractivity contribution is 7.90. The van der Waals surface area contributed by atoms with E-state index in [1.807, 2.05) is 0 Å². The van der Waals surface area contributed by atoms with Gasteiger partial charge >= 0.3 is 0 Å². The normalized spacial score (nSPS) is 13.7. The van der Waals surface area contributed by atoms with Crippen molar-refractivity contribution in [2.24, 2.45) is 5.73 Å². The summed E-state index contributed by atoms with van der Waals surface area (Å²) in [4.78, 5) is 17.8. The summed E-state index contributed by atoms with van der Waals surface area (Å²) in [6.07, 6.45) is 1.56. The van der Waals surface area contributed by atoms with Crippen LogP contribution in [0.25, 0.3) is 0 Å². The number of aromatic nitrogens is 2. The lowest BCUT2D eigenvalue weighted by atomic mass is 10.3. The first-order valence-corrected chi connectivity index (χ1v) is 6.79. The van der Waals surface area contributed by atoms with Crippen molar-refractivity contribution in [2.75, 3.05) is 12.8 Å². The Morgan fingerprint density at radius 3 is 2.69 bits per heavy atom. The van der Waals surface area contributed by atoms with Gasteiger partial charge in [0.2, 0.25) is 0 Å². The second kappa shape index (κ2) is 4.75. The van der Waals surface area contributed by atoms with Crippen molar-refractivity contribution in [3.8, 4) is 0 Å². The molecule has 0 spiro atoms. The standard InChI is InChI=1S/C9H15N3O3S/c1-6(16(2,14)15)9-11-7(3-4-10)5-8(13)12-9/h5-6H,3-4,10H2,1-2H3,(H,11,12,13). The number of hydrogen-bond acceptors (Lipinski definition) is 5. The maximum absolute atomic E-state index is 11.3. The minimum atomic E-state index is -3.27. The maximum Gasteiger partial charge on any atom is 0.251 e. The molecule has 1 rings (SSSR count). The lowest BCUT2D eigenvalue weighted by Crippen LogP contribution is -2.19. The van der Waals surface area contributed by atoms with Crippen molar-refractivity contribution in [1.82, 2.24) is 9.97 Å². The molecule has 1 heterocycles. The Labute approximate surface area is 93.8 Å². The zero-order valence-corrected chi connectivity index (χ0v) is 10.0. The third kappa shape index (κ3) is 3.14. The molecular formula is C9H15N3O3S. The van der Waals surface area contributed by atoms with Crippen LogP contribution in [0.2, 0.25) is 0 Å². The summed E-state index contributed by atoms with van der Waals surface area (Å²) in [6.45, 7) is 1.85. The second-order valence-corrected chi connectivity index (χ2v) is 6.00. The molecule has 0 aromatic carbocycles. The van der Waals surface area contributed by atoms with Crippen LogP contribution in [0.3, 0.4) is 0 Å². The van der Waals surface area contributed by atoms with Gasteiger partial charge in [0.05, 0.1) is 0 Å². The van der Waals surface area contributed by atoms with E-state index < -0.39 is 15.1 Å². The molecule has 0 aliphatic carbocycles. The molecule has 0 aliphatic heterocycles. The number of nitrogens with two attached hydrogens (primary N) is 1. The summed E-state index contributed by atoms with van der Waals surface area (Å²) < 4.78 is 22.7. The van der Waals surface area contributed by atoms with Gasteiger partial charge in [0.15, 0.2) is 9.84 Å². The summed E-state index contributed by atoms with van der Waals surface area (Å²) in [5, 5.41) is -0.821. The fraction of sp³-hybridized carbons (Fsp3) is 0.556. The van der Waals surface area contributed by atoms with Gasteiger partial charge in [0.1, 0.15) is 11.1 Å². The molecule has 1 atom stereocenters. The zero-order valence-electron chi connectivity index (χ0n) is 9.23. The molecule has 16 heavy (non-hydrogen) atoms. The number of aromatic amines is 1. The molecule has 1 aromatic heterocycles. The van der Waals surface area contributed by atoms with Crippen molar-refractivity contribution < 1.29 is 8.42 Å². The monoisotopic (exact) mass is 245 g/mol. The van der Waals surface area contributed by atoms with Gasteiger partial charge in [-0.3, -0.25) is 4.79 Å². The minimum absolute atomic E-state index is 0.165. The summed E-state index contributed by atoms with van der Waals surface area (Å²) in [7, 11) is -3.27. The highest BCUT2D eigenvalue weighted by Gasteiger charge is 2.20. The van der Waals surface area contributed by atoms with Crippen LogP contribution in [0.1, 0.15) is 23.7 Å². The lowest BCUT2D eigenvalue weighted by molar-refractivity contribution is 0.588. The van der Waals surface area contributed by atoms with Crippen LogP contribution in [-0.2, 0) is 16.3 Å². The molecule has 0 saturated heterocycles. The van der Waals surface area contributed by atoms with Gasteiger partial charge < -0.3 is 10.7 Å². The van der Waals surface area contributed by atoms with E-state index in [1.54, 1.807) is 0 Å². The van der Waals surface area contributed by atoms with Gasteiger partial charge in [0, 0.05) is 24.4 Å². The average molecular weight is 245 g/mol. The molecule has 6 nitrogen and oxygen atoms in total. The average Bonchev–Trinajstić information content (AvgIpc) is 2.14. The number of H-pyrrole nitrogens is 1. The Morgan fingerprint density at radius 1 is 1.56 bits per heavy atom. The fourth-order valence-electron chi connectivity index (χ4n) is 1.20. The Morgan fingerprint density at radius 2 is 2.19 bits per heavy atom. The molecule has 0 radical (unpaired) electrons. The van der Waals surface area contributed by atoms with E-state index >= 15 is 0 Å². The first-order chi connectivity index (χ1) is 7.34. The first kappa shape index (κ1) is 12.9. The summed E-state index contributed by atoms with van der Waals surface area (Å²) >= 11 is 0. The van der Waals surface area contributed by atoms with Crippen LogP contribution in [-0.4, -0.2) is 31.2 Å². The topological polar surface area (TPSA) is 106 Å². The van der Waals surface area contributed by atoms with Gasteiger partial charge in [-0.25, -0.2) is 13.4 Å². The summed E-state index contributed by atoms with van der Waals surface area (Å²) in [6, 6.07) is 1.32. The molecule has 3 N–H and O–H groups in total. The molecule has 7 heteroatoms. The Kier molecular flexibility index (Phi) is 3.82. The van der Waals surface area contributed by atoms with E-state index in [-0.39, 0.29) is 11.4 Å². The Hall–Kier alpha value is -1.21. The van der Waals surface area contributed by atoms with Crippen LogP contribution in [0.5, 0.6) is 0 Å². The van der Waals surface area contributed by atoms with Crippen LogP contribution >= 0.6 is 0 Å². The van der Waals surface area contributed by atoms with E-state index in [9.17, 15) is 13.2 Å². The van der Waals surface area contributed by atoms with Gasteiger partial charge in [-0.15, -0.1) is 0 Å². The SMILES string of the molecule is CC(c1nc(CCN)cc(=O)[nH]1)S(C)(=O)=O. The second-order valence-electron chi connectivity index (χ2n) is 3.63. The summed E-state index contributed by atoms with van der Waals surface area (Å²) in [5.74, 6) is 0.165. The van der Waals surface area contributed by atoms with Gasteiger partial charge in [0.25, 0.3) is 5.56 Å². The number of nitrogens with one attached hydrogen (secondary N) is 1. The number of sulfone groups is 1. The van der Waals surface area contributed by atoms with Crippen LogP contribution < -0.4 is 11.3 Å². The Balaban J connectivity index is 3.20. The van der Waals surface area contributed by atoms with E-state index in [2.05, 4.69) is 9.97 Å². The molecule has 1 aromatic rings. The van der Waals surface area contributed by atoms with E-state index in [4.69, 9.17) is 5.73 Å². The van der Waals surface area contributed by atoms with Gasteiger partial charge in [-0.2, -0.15) is 0 Å². The highest BCUT2D eigenvalue weighted by Crippen LogP contribution is 2.15. The van der Waals surface area contributed by atoms with Gasteiger partial charge in [-0.05, 0) is 13.5 Å². The quantitative estimate of drug-likeness (QED) is 0.735. The molecule has 1 unspecified atom stereocenters. The van der Waals surface area contributed by atoms with Crippen LogP contribution in [0.15, 0.2) is 10.9 Å². The van der Waals surface area contributed by atoms with E-state index in [1.165, 1.54) is 13.0 Å². The van der Waals surface area contributed by atoms with Crippen molar-refractivity contribution >= 4 is 9.84 Å². The smallest absolute Gasteiger partial charge is 0.251 e. The Bertz CT molecular complexity index is 521. The van der Waals surface area contributed by atoms with Crippen LogP contribution in [0.4, 0.5) is 0 Å². The largest absolute Gasteiger partial charge is 0.330 e. The lowest BCUT2D eigenvalue weighted by Gasteiger charge is -2.09. The molecule has 0 aliphatic rings. The molecule has 0 fully saturated rings. The third-order valence-corrected chi connectivity index (χ3v) is 3.75. The number of nitrogens with zero attached hydrogens (tertiary/aromatic N) is 1. The fourth-order valence-corrected chi connectivity index (χ4v) is 1.72. The highest BCUT2D eigenvalue weighted by atomic mass is 32.2. The van der Waals surface area contributed by atoms with Crippen molar-refractivity contribution in [2.45, 2.75) is 18.6 Å². The van der Waals surface area contributed by atoms with Crippen LogP contribution in [0, 0.1) is 0 Å². The zero-order chi connectivity index (χ0) is 12.3. The van der Waals surface area contributed by atoms with E-state index in [0.29, 0.717) is 18.7 Å².